The van der Waals surface area contributed by atoms with E-state index in [9.17, 15) is 0 Å². The molecule has 0 spiro atoms. The van der Waals surface area contributed by atoms with Crippen molar-refractivity contribution in [1.82, 2.24) is 14.6 Å². The highest BCUT2D eigenvalue weighted by molar-refractivity contribution is 7.99. The fourth-order valence-electron chi connectivity index (χ4n) is 3.68. The molecule has 2 aromatic heterocycles. The van der Waals surface area contributed by atoms with Crippen molar-refractivity contribution in [1.29, 1.82) is 0 Å². The van der Waals surface area contributed by atoms with Gasteiger partial charge in [-0.3, -0.25) is 0 Å². The first kappa shape index (κ1) is 19.7. The van der Waals surface area contributed by atoms with Crippen molar-refractivity contribution in [2.45, 2.75) is 45.1 Å². The van der Waals surface area contributed by atoms with Crippen molar-refractivity contribution in [2.75, 3.05) is 5.75 Å². The molecule has 0 saturated carbocycles. The molecule has 2 aromatic carbocycles. The molecule has 0 aliphatic carbocycles. The Morgan fingerprint density at radius 3 is 2.28 bits per heavy atom. The van der Waals surface area contributed by atoms with E-state index < -0.39 is 0 Å². The lowest BCUT2D eigenvalue weighted by molar-refractivity contribution is 0.789. The zero-order valence-electron chi connectivity index (χ0n) is 17.4. The van der Waals surface area contributed by atoms with Crippen LogP contribution in [0.15, 0.2) is 65.7 Å². The van der Waals surface area contributed by atoms with Gasteiger partial charge in [-0.05, 0) is 37.1 Å². The quantitative estimate of drug-likeness (QED) is 0.201. The van der Waals surface area contributed by atoms with Crippen molar-refractivity contribution < 1.29 is 0 Å². The molecular formula is C25H27N3S. The van der Waals surface area contributed by atoms with Crippen molar-refractivity contribution in [2.24, 2.45) is 0 Å². The van der Waals surface area contributed by atoms with Gasteiger partial charge in [0.25, 0.3) is 0 Å². The van der Waals surface area contributed by atoms with Gasteiger partial charge in [-0.2, -0.15) is 5.10 Å². The summed E-state index contributed by atoms with van der Waals surface area (Å²) in [5.74, 6) is 1.09. The minimum atomic E-state index is 0.879. The van der Waals surface area contributed by atoms with Gasteiger partial charge in [0.05, 0.1) is 5.69 Å². The molecule has 29 heavy (non-hydrogen) atoms. The van der Waals surface area contributed by atoms with E-state index in [2.05, 4.69) is 79.9 Å². The minimum Gasteiger partial charge on any atom is -0.233 e. The maximum Gasteiger partial charge on any atom is 0.164 e. The minimum absolute atomic E-state index is 0.879. The summed E-state index contributed by atoms with van der Waals surface area (Å²) in [5.41, 5.74) is 7.98. The molecule has 4 heteroatoms. The van der Waals surface area contributed by atoms with Crippen molar-refractivity contribution in [3.63, 3.8) is 0 Å². The summed E-state index contributed by atoms with van der Waals surface area (Å²) in [4.78, 5) is 5.04. The Hall–Kier alpha value is -2.59. The monoisotopic (exact) mass is 401 g/mol. The van der Waals surface area contributed by atoms with Gasteiger partial charge in [0, 0.05) is 23.2 Å². The van der Waals surface area contributed by atoms with Crippen LogP contribution in [0.1, 0.15) is 42.3 Å². The summed E-state index contributed by atoms with van der Waals surface area (Å²) in [7, 11) is 0. The van der Waals surface area contributed by atoms with Gasteiger partial charge in [0.1, 0.15) is 5.03 Å². The fraction of sp³-hybridized carbons (Fsp3) is 0.280. The first-order chi connectivity index (χ1) is 14.2. The number of hydrogen-bond donors (Lipinski definition) is 0. The molecule has 0 aliphatic heterocycles. The number of nitrogens with zero attached hydrogens (tertiary/aromatic N) is 3. The molecule has 0 unspecified atom stereocenters. The third-order valence-corrected chi connectivity index (χ3v) is 6.41. The van der Waals surface area contributed by atoms with E-state index in [0.29, 0.717) is 0 Å². The number of hydrogen-bond acceptors (Lipinski definition) is 3. The number of unbranched alkanes of at least 4 members (excludes halogenated alkanes) is 1. The SMILES string of the molecule is CCCCSc1c(Cc2ccccc2)c(C)nc2c(-c3ccccc3)c(C)nn12. The molecule has 0 atom stereocenters. The molecular weight excluding hydrogens is 374 g/mol. The number of fused-ring (bicyclic) bond motifs is 1. The van der Waals surface area contributed by atoms with Gasteiger partial charge in [-0.1, -0.05) is 74.0 Å². The molecule has 0 N–H and O–H groups in total. The first-order valence-electron chi connectivity index (χ1n) is 10.3. The van der Waals surface area contributed by atoms with Crippen molar-refractivity contribution >= 4 is 17.4 Å². The normalized spacial score (nSPS) is 11.3. The van der Waals surface area contributed by atoms with Gasteiger partial charge < -0.3 is 0 Å². The van der Waals surface area contributed by atoms with Crippen LogP contribution in [0.3, 0.4) is 0 Å². The van der Waals surface area contributed by atoms with Gasteiger partial charge in [-0.25, -0.2) is 9.50 Å². The smallest absolute Gasteiger partial charge is 0.164 e. The third-order valence-electron chi connectivity index (χ3n) is 5.22. The maximum absolute atomic E-state index is 5.04. The van der Waals surface area contributed by atoms with E-state index in [-0.39, 0.29) is 0 Å². The molecule has 3 nitrogen and oxygen atoms in total. The Labute approximate surface area is 177 Å². The molecule has 0 amide bonds. The largest absolute Gasteiger partial charge is 0.233 e. The first-order valence-corrected chi connectivity index (χ1v) is 11.3. The van der Waals surface area contributed by atoms with Crippen LogP contribution in [-0.4, -0.2) is 20.4 Å². The lowest BCUT2D eigenvalue weighted by atomic mass is 10.0. The number of thioether (sulfide) groups is 1. The van der Waals surface area contributed by atoms with Crippen LogP contribution in [0.2, 0.25) is 0 Å². The van der Waals surface area contributed by atoms with Crippen LogP contribution < -0.4 is 0 Å². The highest BCUT2D eigenvalue weighted by Crippen LogP contribution is 2.34. The summed E-state index contributed by atoms with van der Waals surface area (Å²) in [5, 5.41) is 6.18. The summed E-state index contributed by atoms with van der Waals surface area (Å²) < 4.78 is 2.09. The van der Waals surface area contributed by atoms with Crippen LogP contribution in [0.25, 0.3) is 16.8 Å². The van der Waals surface area contributed by atoms with Crippen molar-refractivity contribution in [3.05, 3.63) is 83.2 Å². The van der Waals surface area contributed by atoms with E-state index in [4.69, 9.17) is 10.1 Å². The molecule has 2 heterocycles. The number of aryl methyl sites for hydroxylation is 2. The van der Waals surface area contributed by atoms with E-state index in [1.165, 1.54) is 34.6 Å². The van der Waals surface area contributed by atoms with Gasteiger partial charge in [0.2, 0.25) is 0 Å². The molecule has 0 saturated heterocycles. The van der Waals surface area contributed by atoms with Gasteiger partial charge in [0.15, 0.2) is 5.65 Å². The zero-order chi connectivity index (χ0) is 20.2. The molecule has 0 radical (unpaired) electrons. The van der Waals surface area contributed by atoms with Crippen LogP contribution in [0.4, 0.5) is 0 Å². The molecule has 148 valence electrons. The second-order valence-electron chi connectivity index (χ2n) is 7.41. The highest BCUT2D eigenvalue weighted by atomic mass is 32.2. The Morgan fingerprint density at radius 1 is 0.897 bits per heavy atom. The molecule has 4 rings (SSSR count). The molecule has 0 aliphatic rings. The van der Waals surface area contributed by atoms with Crippen molar-refractivity contribution in [3.8, 4) is 11.1 Å². The van der Waals surface area contributed by atoms with E-state index in [1.807, 2.05) is 17.8 Å². The molecule has 0 fully saturated rings. The summed E-state index contributed by atoms with van der Waals surface area (Å²) in [6.07, 6.45) is 3.27. The maximum atomic E-state index is 5.04. The number of aromatic nitrogens is 3. The Bertz CT molecular complexity index is 1100. The summed E-state index contributed by atoms with van der Waals surface area (Å²) in [6.45, 7) is 6.47. The Kier molecular flexibility index (Phi) is 6.00. The molecule has 4 aromatic rings. The Morgan fingerprint density at radius 2 is 1.59 bits per heavy atom. The lowest BCUT2D eigenvalue weighted by Crippen LogP contribution is -2.06. The summed E-state index contributed by atoms with van der Waals surface area (Å²) in [6, 6.07) is 21.1. The van der Waals surface area contributed by atoms with E-state index >= 15 is 0 Å². The summed E-state index contributed by atoms with van der Waals surface area (Å²) >= 11 is 1.91. The topological polar surface area (TPSA) is 30.2 Å². The zero-order valence-corrected chi connectivity index (χ0v) is 18.2. The third kappa shape index (κ3) is 4.08. The van der Waals surface area contributed by atoms with Crippen LogP contribution in [0.5, 0.6) is 0 Å². The molecule has 0 bridgehead atoms. The lowest BCUT2D eigenvalue weighted by Gasteiger charge is -2.14. The second kappa shape index (κ2) is 8.83. The average molecular weight is 402 g/mol. The predicted octanol–water partition coefficient (Wildman–Crippen LogP) is 6.50. The van der Waals surface area contributed by atoms with Crippen LogP contribution >= 0.6 is 11.8 Å². The number of rotatable bonds is 7. The average Bonchev–Trinajstić information content (AvgIpc) is 3.07. The van der Waals surface area contributed by atoms with Gasteiger partial charge in [-0.15, -0.1) is 11.8 Å². The van der Waals surface area contributed by atoms with Gasteiger partial charge >= 0.3 is 0 Å². The Balaban J connectivity index is 1.89. The standard InChI is InChI=1S/C25H27N3S/c1-4-5-16-29-25-22(17-20-12-8-6-9-13-20)18(2)26-24-23(19(3)27-28(24)25)21-14-10-7-11-15-21/h6-15H,4-5,16-17H2,1-3H3. The van der Waals surface area contributed by atoms with E-state index in [0.717, 1.165) is 34.8 Å². The van der Waals surface area contributed by atoms with Crippen LogP contribution in [0, 0.1) is 13.8 Å². The predicted molar refractivity (Wildman–Crippen MR) is 123 cm³/mol. The fourth-order valence-corrected chi connectivity index (χ4v) is 4.95. The number of benzene rings is 2. The second-order valence-corrected chi connectivity index (χ2v) is 8.49. The van der Waals surface area contributed by atoms with E-state index in [1.54, 1.807) is 0 Å². The highest BCUT2D eigenvalue weighted by Gasteiger charge is 2.20. The van der Waals surface area contributed by atoms with Crippen LogP contribution in [-0.2, 0) is 6.42 Å².